The van der Waals surface area contributed by atoms with E-state index in [1.54, 1.807) is 0 Å². The van der Waals surface area contributed by atoms with Crippen LogP contribution in [0.5, 0.6) is 0 Å². The number of hydrogen-bond acceptors (Lipinski definition) is 5. The quantitative estimate of drug-likeness (QED) is 0.429. The number of thioether (sulfide) groups is 1. The number of carbonyl (C=O) groups is 3. The third kappa shape index (κ3) is 5.68. The number of ether oxygens (including phenoxy) is 1. The molecular formula is C25H30N2O5S. The van der Waals surface area contributed by atoms with Gasteiger partial charge in [-0.25, -0.2) is 4.79 Å². The second kappa shape index (κ2) is 11.2. The van der Waals surface area contributed by atoms with E-state index in [1.165, 1.54) is 11.8 Å². The summed E-state index contributed by atoms with van der Waals surface area (Å²) < 4.78 is 5.62. The van der Waals surface area contributed by atoms with Crippen LogP contribution < -0.4 is 10.6 Å². The lowest BCUT2D eigenvalue weighted by molar-refractivity contribution is -0.134. The molecule has 0 aliphatic heterocycles. The second-order valence-corrected chi connectivity index (χ2v) is 9.05. The molecule has 0 aromatic heterocycles. The zero-order chi connectivity index (χ0) is 23.8. The number of rotatable bonds is 11. The van der Waals surface area contributed by atoms with Crippen molar-refractivity contribution in [2.75, 3.05) is 24.7 Å². The molecule has 33 heavy (non-hydrogen) atoms. The topological polar surface area (TPSA) is 105 Å². The van der Waals surface area contributed by atoms with Crippen LogP contribution in [0.15, 0.2) is 48.5 Å². The fraction of sp³-hybridized carbons (Fsp3) is 0.400. The van der Waals surface area contributed by atoms with Gasteiger partial charge in [-0.15, -0.1) is 11.8 Å². The van der Waals surface area contributed by atoms with E-state index >= 15 is 0 Å². The van der Waals surface area contributed by atoms with E-state index in [0.717, 1.165) is 22.3 Å². The molecule has 7 nitrogen and oxygen atoms in total. The highest BCUT2D eigenvalue weighted by Gasteiger charge is 2.37. The van der Waals surface area contributed by atoms with Crippen LogP contribution in [0.25, 0.3) is 11.1 Å². The number of hydrogen-bond donors (Lipinski definition) is 3. The van der Waals surface area contributed by atoms with Gasteiger partial charge in [0.05, 0.1) is 5.75 Å². The summed E-state index contributed by atoms with van der Waals surface area (Å²) in [7, 11) is 0. The molecule has 176 valence electrons. The van der Waals surface area contributed by atoms with Gasteiger partial charge in [-0.1, -0.05) is 62.4 Å². The van der Waals surface area contributed by atoms with Crippen LogP contribution in [0.4, 0.5) is 4.79 Å². The van der Waals surface area contributed by atoms with Gasteiger partial charge in [0.15, 0.2) is 0 Å². The van der Waals surface area contributed by atoms with Crippen molar-refractivity contribution >= 4 is 29.7 Å². The molecule has 0 saturated heterocycles. The maximum Gasteiger partial charge on any atom is 0.408 e. The number of carboxylic acids is 1. The summed E-state index contributed by atoms with van der Waals surface area (Å²) in [6.45, 7) is 4.18. The predicted octanol–water partition coefficient (Wildman–Crippen LogP) is 4.02. The van der Waals surface area contributed by atoms with Crippen molar-refractivity contribution in [2.24, 2.45) is 0 Å². The van der Waals surface area contributed by atoms with Crippen LogP contribution in [-0.2, 0) is 14.3 Å². The molecule has 0 heterocycles. The van der Waals surface area contributed by atoms with Crippen LogP contribution >= 0.6 is 11.8 Å². The van der Waals surface area contributed by atoms with Crippen LogP contribution in [0.3, 0.4) is 0 Å². The number of fused-ring (bicyclic) bond motifs is 3. The maximum absolute atomic E-state index is 12.8. The Morgan fingerprint density at radius 2 is 1.58 bits per heavy atom. The van der Waals surface area contributed by atoms with E-state index < -0.39 is 17.6 Å². The first kappa shape index (κ1) is 24.6. The van der Waals surface area contributed by atoms with Crippen LogP contribution in [-0.4, -0.2) is 53.3 Å². The molecule has 2 aromatic carbocycles. The molecule has 1 aliphatic rings. The number of benzene rings is 2. The summed E-state index contributed by atoms with van der Waals surface area (Å²) in [6, 6.07) is 16.2. The van der Waals surface area contributed by atoms with Gasteiger partial charge in [0.25, 0.3) is 0 Å². The van der Waals surface area contributed by atoms with E-state index in [2.05, 4.69) is 34.9 Å². The zero-order valence-corrected chi connectivity index (χ0v) is 19.7. The Bertz CT molecular complexity index is 960. The van der Waals surface area contributed by atoms with Gasteiger partial charge in [-0.05, 0) is 35.1 Å². The average Bonchev–Trinajstić information content (AvgIpc) is 3.14. The standard InChI is InChI=1S/C25H30N2O5S/c1-3-25(4-2,23(30)26-13-14-33-16-22(28)29)27-24(31)32-15-21-19-11-7-5-9-17(19)18-10-6-8-12-20(18)21/h5-12,21H,3-4,13-16H2,1-2H3,(H,26,30)(H,27,31)(H,28,29). The minimum Gasteiger partial charge on any atom is -0.481 e. The molecule has 2 amide bonds. The zero-order valence-electron chi connectivity index (χ0n) is 18.9. The van der Waals surface area contributed by atoms with E-state index in [0.29, 0.717) is 25.1 Å². The molecule has 0 fully saturated rings. The summed E-state index contributed by atoms with van der Waals surface area (Å²) in [5.74, 6) is -0.773. The van der Waals surface area contributed by atoms with Crippen LogP contribution in [0.1, 0.15) is 43.7 Å². The van der Waals surface area contributed by atoms with Crippen molar-refractivity contribution in [2.45, 2.75) is 38.1 Å². The molecule has 0 atom stereocenters. The largest absolute Gasteiger partial charge is 0.481 e. The molecular weight excluding hydrogens is 440 g/mol. The Kier molecular flexibility index (Phi) is 8.38. The number of aliphatic carboxylic acids is 1. The monoisotopic (exact) mass is 470 g/mol. The van der Waals surface area contributed by atoms with Gasteiger partial charge < -0.3 is 20.5 Å². The van der Waals surface area contributed by atoms with Gasteiger partial charge >= 0.3 is 12.1 Å². The molecule has 0 radical (unpaired) electrons. The normalized spacial score (nSPS) is 12.5. The SMILES string of the molecule is CCC(CC)(NC(=O)OCC1c2ccccc2-c2ccccc21)C(=O)NCCSCC(=O)O. The van der Waals surface area contributed by atoms with Crippen molar-refractivity contribution in [3.05, 3.63) is 59.7 Å². The molecule has 0 saturated carbocycles. The Balaban J connectivity index is 1.60. The van der Waals surface area contributed by atoms with Gasteiger partial charge in [0.1, 0.15) is 12.1 Å². The van der Waals surface area contributed by atoms with Crippen LogP contribution in [0, 0.1) is 0 Å². The first-order chi connectivity index (χ1) is 15.9. The molecule has 0 unspecified atom stereocenters. The molecule has 0 bridgehead atoms. The fourth-order valence-corrected chi connectivity index (χ4v) is 4.77. The molecule has 2 aromatic rings. The van der Waals surface area contributed by atoms with E-state index in [1.807, 2.05) is 38.1 Å². The third-order valence-electron chi connectivity index (χ3n) is 6.08. The number of alkyl carbamates (subject to hydrolysis) is 1. The number of amides is 2. The summed E-state index contributed by atoms with van der Waals surface area (Å²) in [4.78, 5) is 36.2. The minimum atomic E-state index is -1.08. The van der Waals surface area contributed by atoms with Crippen molar-refractivity contribution in [1.82, 2.24) is 10.6 Å². The van der Waals surface area contributed by atoms with Gasteiger partial charge in [-0.3, -0.25) is 9.59 Å². The fourth-order valence-electron chi connectivity index (χ4n) is 4.20. The Hall–Kier alpha value is -3.00. The summed E-state index contributed by atoms with van der Waals surface area (Å²) in [6.07, 6.45) is 0.180. The van der Waals surface area contributed by atoms with Crippen molar-refractivity contribution in [3.8, 4) is 11.1 Å². The molecule has 0 spiro atoms. The minimum absolute atomic E-state index is 0.0133. The molecule has 8 heteroatoms. The summed E-state index contributed by atoms with van der Waals surface area (Å²) in [5, 5.41) is 14.3. The Labute approximate surface area is 198 Å². The summed E-state index contributed by atoms with van der Waals surface area (Å²) >= 11 is 1.23. The number of carboxylic acid groups (broad SMARTS) is 1. The number of carbonyl (C=O) groups excluding carboxylic acids is 2. The van der Waals surface area contributed by atoms with E-state index in [4.69, 9.17) is 9.84 Å². The predicted molar refractivity (Wildman–Crippen MR) is 129 cm³/mol. The molecule has 3 rings (SSSR count). The maximum atomic E-state index is 12.8. The highest BCUT2D eigenvalue weighted by atomic mass is 32.2. The van der Waals surface area contributed by atoms with E-state index in [-0.39, 0.29) is 24.2 Å². The molecule has 3 N–H and O–H groups in total. The average molecular weight is 471 g/mol. The second-order valence-electron chi connectivity index (χ2n) is 7.94. The van der Waals surface area contributed by atoms with Crippen molar-refractivity contribution in [1.29, 1.82) is 0 Å². The third-order valence-corrected chi connectivity index (χ3v) is 7.03. The molecule has 1 aliphatic carbocycles. The van der Waals surface area contributed by atoms with E-state index in [9.17, 15) is 14.4 Å². The lowest BCUT2D eigenvalue weighted by Crippen LogP contribution is -2.58. The van der Waals surface area contributed by atoms with Crippen LogP contribution in [0.2, 0.25) is 0 Å². The summed E-state index contributed by atoms with van der Waals surface area (Å²) in [5.41, 5.74) is 3.47. The highest BCUT2D eigenvalue weighted by molar-refractivity contribution is 7.99. The van der Waals surface area contributed by atoms with Gasteiger partial charge in [0, 0.05) is 18.2 Å². The Morgan fingerprint density at radius 1 is 1.00 bits per heavy atom. The first-order valence-electron chi connectivity index (χ1n) is 11.1. The highest BCUT2D eigenvalue weighted by Crippen LogP contribution is 2.44. The lowest BCUT2D eigenvalue weighted by atomic mass is 9.92. The smallest absolute Gasteiger partial charge is 0.408 e. The van der Waals surface area contributed by atoms with Crippen molar-refractivity contribution < 1.29 is 24.2 Å². The van der Waals surface area contributed by atoms with Crippen molar-refractivity contribution in [3.63, 3.8) is 0 Å². The van der Waals surface area contributed by atoms with Gasteiger partial charge in [0.2, 0.25) is 5.91 Å². The lowest BCUT2D eigenvalue weighted by Gasteiger charge is -2.31. The van der Waals surface area contributed by atoms with Gasteiger partial charge in [-0.2, -0.15) is 0 Å². The number of nitrogens with one attached hydrogen (secondary N) is 2. The Morgan fingerprint density at radius 3 is 2.12 bits per heavy atom. The first-order valence-corrected chi connectivity index (χ1v) is 12.3.